The van der Waals surface area contributed by atoms with Crippen molar-refractivity contribution in [3.05, 3.63) is 96.1 Å². The first-order chi connectivity index (χ1) is 12.6. The molecule has 0 bridgehead atoms. The van der Waals surface area contributed by atoms with Gasteiger partial charge in [-0.05, 0) is 21.5 Å². The Morgan fingerprint density at radius 2 is 0.852 bits per heavy atom. The zero-order chi connectivity index (χ0) is 18.5. The molecule has 0 atom stereocenters. The molecule has 0 unspecified atom stereocenters. The number of carbonyl (C=O) groups excluding carboxylic acids is 2. The number of aromatic carboxylic acids is 2. The number of carboxylic acids is 2. The van der Waals surface area contributed by atoms with Crippen molar-refractivity contribution in [2.24, 2.45) is 0 Å². The van der Waals surface area contributed by atoms with Crippen molar-refractivity contribution in [1.29, 1.82) is 0 Å². The van der Waals surface area contributed by atoms with Gasteiger partial charge < -0.3 is 19.8 Å². The van der Waals surface area contributed by atoms with E-state index < -0.39 is 11.9 Å². The Hall–Kier alpha value is -2.74. The van der Waals surface area contributed by atoms with Gasteiger partial charge >= 0.3 is 27.3 Å². The normalized spacial score (nSPS) is 9.78. The van der Waals surface area contributed by atoms with Crippen LogP contribution in [0.15, 0.2) is 84.9 Å². The number of carboxylic acid groups (broad SMARTS) is 2. The van der Waals surface area contributed by atoms with Crippen molar-refractivity contribution in [2.75, 3.05) is 0 Å². The minimum Gasteiger partial charge on any atom is -0.545 e. The molecule has 128 valence electrons. The molecule has 0 N–H and O–H groups in total. The van der Waals surface area contributed by atoms with Gasteiger partial charge in [-0.15, -0.1) is 0 Å². The van der Waals surface area contributed by atoms with Gasteiger partial charge in [0, 0.05) is 11.1 Å². The summed E-state index contributed by atoms with van der Waals surface area (Å²) in [5.41, 5.74) is 0.496. The number of hydrogen-bond acceptors (Lipinski definition) is 4. The maximum atomic E-state index is 10.7. The fourth-order valence-electron chi connectivity index (χ4n) is 2.81. The third-order valence-corrected chi connectivity index (χ3v) is 4.02. The van der Waals surface area contributed by atoms with Crippen molar-refractivity contribution in [2.45, 2.75) is 0 Å². The molecule has 0 spiro atoms. The summed E-state index contributed by atoms with van der Waals surface area (Å²) in [5.74, 6) is -2.26. The number of rotatable bonds is 2. The standard InChI is InChI=1S/2C11H8O2.Cd/c2*12-11(13)10-7-3-5-8-4-1-2-6-9(8)10;/h2*1-7H,(H,12,13);/q;;+2/p-2. The zero-order valence-corrected chi connectivity index (χ0v) is 18.5. The predicted molar refractivity (Wildman–Crippen MR) is 96.6 cm³/mol. The van der Waals surface area contributed by atoms with E-state index in [2.05, 4.69) is 0 Å². The molecule has 0 aliphatic rings. The summed E-state index contributed by atoms with van der Waals surface area (Å²) in [7, 11) is 0. The maximum Gasteiger partial charge on any atom is 2.00 e. The van der Waals surface area contributed by atoms with Gasteiger partial charge in [0.25, 0.3) is 0 Å². The van der Waals surface area contributed by atoms with Crippen LogP contribution in [0.1, 0.15) is 20.7 Å². The quantitative estimate of drug-likeness (QED) is 0.436. The number of carbonyl (C=O) groups is 2. The third kappa shape index (κ3) is 4.71. The summed E-state index contributed by atoms with van der Waals surface area (Å²) in [4.78, 5) is 21.4. The average Bonchev–Trinajstić information content (AvgIpc) is 2.67. The third-order valence-electron chi connectivity index (χ3n) is 4.02. The van der Waals surface area contributed by atoms with Crippen molar-refractivity contribution in [3.63, 3.8) is 0 Å². The Morgan fingerprint density at radius 3 is 1.22 bits per heavy atom. The van der Waals surface area contributed by atoms with Gasteiger partial charge in [-0.3, -0.25) is 0 Å². The van der Waals surface area contributed by atoms with E-state index in [4.69, 9.17) is 0 Å². The van der Waals surface area contributed by atoms with E-state index in [1.54, 1.807) is 36.4 Å². The molecular formula is C22H14CdO4. The molecule has 4 rings (SSSR count). The summed E-state index contributed by atoms with van der Waals surface area (Å²) in [6, 6.07) is 25.0. The second-order valence-electron chi connectivity index (χ2n) is 5.63. The first-order valence-corrected chi connectivity index (χ1v) is 7.96. The summed E-state index contributed by atoms with van der Waals surface area (Å²) in [6.45, 7) is 0. The molecule has 0 heterocycles. The topological polar surface area (TPSA) is 80.3 Å². The zero-order valence-electron chi connectivity index (χ0n) is 14.4. The monoisotopic (exact) mass is 456 g/mol. The molecule has 0 aliphatic heterocycles. The smallest absolute Gasteiger partial charge is 0.545 e. The molecule has 0 saturated heterocycles. The Morgan fingerprint density at radius 1 is 0.519 bits per heavy atom. The van der Waals surface area contributed by atoms with Crippen molar-refractivity contribution in [3.8, 4) is 0 Å². The fraction of sp³-hybridized carbons (Fsp3) is 0. The second-order valence-corrected chi connectivity index (χ2v) is 5.63. The molecule has 0 amide bonds. The molecule has 0 aliphatic carbocycles. The Kier molecular flexibility index (Phi) is 7.06. The van der Waals surface area contributed by atoms with E-state index in [1.807, 2.05) is 48.5 Å². The molecule has 4 nitrogen and oxygen atoms in total. The van der Waals surface area contributed by atoms with Crippen molar-refractivity contribution >= 4 is 33.5 Å². The molecule has 4 aromatic rings. The van der Waals surface area contributed by atoms with Crippen LogP contribution in [-0.4, -0.2) is 11.9 Å². The van der Waals surface area contributed by atoms with E-state index in [-0.39, 0.29) is 38.4 Å². The number of fused-ring (bicyclic) bond motifs is 2. The van der Waals surface area contributed by atoms with E-state index in [1.165, 1.54) is 0 Å². The predicted octanol–water partition coefficient (Wildman–Crippen LogP) is 2.40. The molecular weight excluding hydrogens is 441 g/mol. The molecule has 0 radical (unpaired) electrons. The average molecular weight is 455 g/mol. The first-order valence-electron chi connectivity index (χ1n) is 7.96. The minimum atomic E-state index is -1.13. The molecule has 4 aromatic carbocycles. The van der Waals surface area contributed by atoms with Crippen LogP contribution in [0.5, 0.6) is 0 Å². The largest absolute Gasteiger partial charge is 2.00 e. The molecule has 27 heavy (non-hydrogen) atoms. The van der Waals surface area contributed by atoms with Gasteiger partial charge in [-0.2, -0.15) is 0 Å². The summed E-state index contributed by atoms with van der Waals surface area (Å²) >= 11 is 0. The van der Waals surface area contributed by atoms with Crippen LogP contribution in [0, 0.1) is 0 Å². The van der Waals surface area contributed by atoms with E-state index in [9.17, 15) is 19.8 Å². The Labute approximate surface area is 176 Å². The van der Waals surface area contributed by atoms with Crippen LogP contribution in [0.2, 0.25) is 0 Å². The van der Waals surface area contributed by atoms with Gasteiger partial charge in [0.2, 0.25) is 0 Å². The minimum absolute atomic E-state index is 0. The van der Waals surface area contributed by atoms with Crippen LogP contribution >= 0.6 is 0 Å². The van der Waals surface area contributed by atoms with E-state index >= 15 is 0 Å². The second kappa shape index (κ2) is 9.27. The summed E-state index contributed by atoms with van der Waals surface area (Å²) < 4.78 is 0. The number of hydrogen-bond donors (Lipinski definition) is 0. The van der Waals surface area contributed by atoms with Gasteiger partial charge in [0.15, 0.2) is 0 Å². The van der Waals surface area contributed by atoms with Gasteiger partial charge in [0.1, 0.15) is 0 Å². The van der Waals surface area contributed by atoms with Crippen molar-refractivity contribution in [1.82, 2.24) is 0 Å². The van der Waals surface area contributed by atoms with Gasteiger partial charge in [0.05, 0.1) is 11.9 Å². The Balaban J connectivity index is 0.000000187. The molecule has 0 aromatic heterocycles. The summed E-state index contributed by atoms with van der Waals surface area (Å²) in [5, 5.41) is 24.7. The van der Waals surface area contributed by atoms with Crippen LogP contribution in [0.25, 0.3) is 21.5 Å². The van der Waals surface area contributed by atoms with Crippen LogP contribution < -0.4 is 10.2 Å². The van der Waals surface area contributed by atoms with Crippen molar-refractivity contribution < 1.29 is 47.1 Å². The van der Waals surface area contributed by atoms with E-state index in [0.29, 0.717) is 0 Å². The maximum absolute atomic E-state index is 10.7. The fourth-order valence-corrected chi connectivity index (χ4v) is 2.81. The molecule has 0 fully saturated rings. The van der Waals surface area contributed by atoms with Crippen LogP contribution in [0.3, 0.4) is 0 Å². The first kappa shape index (κ1) is 20.6. The number of benzene rings is 4. The molecule has 0 saturated carbocycles. The van der Waals surface area contributed by atoms with E-state index in [0.717, 1.165) is 21.5 Å². The Bertz CT molecular complexity index is 1010. The van der Waals surface area contributed by atoms with Gasteiger partial charge in [-0.25, -0.2) is 0 Å². The SMILES string of the molecule is O=C([O-])c1cccc2ccccc12.O=C([O-])c1cccc2ccccc12.[Cd+2]. The van der Waals surface area contributed by atoms with Crippen LogP contribution in [0.4, 0.5) is 0 Å². The van der Waals surface area contributed by atoms with Gasteiger partial charge in [-0.1, -0.05) is 84.9 Å². The summed E-state index contributed by atoms with van der Waals surface area (Å²) in [6.07, 6.45) is 0. The van der Waals surface area contributed by atoms with Crippen LogP contribution in [-0.2, 0) is 27.3 Å². The molecule has 5 heteroatoms.